The van der Waals surface area contributed by atoms with E-state index in [0.717, 1.165) is 29.9 Å². The minimum Gasteiger partial charge on any atom is -0.473 e. The Morgan fingerprint density at radius 2 is 1.79 bits per heavy atom. The van der Waals surface area contributed by atoms with E-state index in [4.69, 9.17) is 4.74 Å². The van der Waals surface area contributed by atoms with Crippen LogP contribution in [0.15, 0.2) is 36.4 Å². The number of benzene rings is 1. The fourth-order valence-corrected chi connectivity index (χ4v) is 5.23. The van der Waals surface area contributed by atoms with Gasteiger partial charge in [0.1, 0.15) is 6.10 Å². The third kappa shape index (κ3) is 5.00. The molecule has 0 radical (unpaired) electrons. The highest BCUT2D eigenvalue weighted by Gasteiger charge is 2.38. The van der Waals surface area contributed by atoms with E-state index >= 15 is 0 Å². The van der Waals surface area contributed by atoms with Gasteiger partial charge in [-0.25, -0.2) is 0 Å². The first-order valence-corrected chi connectivity index (χ1v) is 12.5. The molecule has 1 aliphatic carbocycles. The largest absolute Gasteiger partial charge is 0.473 e. The van der Waals surface area contributed by atoms with Gasteiger partial charge in [0.05, 0.1) is 5.92 Å². The minimum absolute atomic E-state index is 0.0217. The Labute approximate surface area is 200 Å². The Bertz CT molecular complexity index is 1010. The first-order valence-electron chi connectivity index (χ1n) is 12.5. The molecule has 2 saturated heterocycles. The molecule has 0 bridgehead atoms. The van der Waals surface area contributed by atoms with Gasteiger partial charge < -0.3 is 19.4 Å². The van der Waals surface area contributed by atoms with Crippen LogP contribution in [0.3, 0.4) is 0 Å². The van der Waals surface area contributed by atoms with Crippen LogP contribution in [0.5, 0.6) is 5.88 Å². The first-order chi connectivity index (χ1) is 16.6. The summed E-state index contributed by atoms with van der Waals surface area (Å²) in [6, 6.07) is 11.7. The van der Waals surface area contributed by atoms with E-state index < -0.39 is 0 Å². The van der Waals surface area contributed by atoms with Crippen molar-refractivity contribution in [3.8, 4) is 5.88 Å². The van der Waals surface area contributed by atoms with Crippen LogP contribution in [0.25, 0.3) is 0 Å². The molecule has 180 valence electrons. The lowest BCUT2D eigenvalue weighted by atomic mass is 9.98. The smallest absolute Gasteiger partial charge is 0.233 e. The summed E-state index contributed by atoms with van der Waals surface area (Å²) in [6.45, 7) is 5.10. The zero-order chi connectivity index (χ0) is 23.5. The van der Waals surface area contributed by atoms with Crippen LogP contribution in [-0.2, 0) is 9.59 Å². The standard InChI is InChI=1S/C26H33N5O3/c1-19-6-5-7-21(16-19)31-18-20(17-25(31)32)26(33)30-14-12-29(13-15-30)23-10-11-24(28-27-23)34-22-8-3-2-4-9-22/h5-7,10-11,16,20,22H,2-4,8-9,12-15,17-18H2,1H3. The Morgan fingerprint density at radius 1 is 1.00 bits per heavy atom. The second-order valence-corrected chi connectivity index (χ2v) is 9.66. The van der Waals surface area contributed by atoms with Gasteiger partial charge in [-0.05, 0) is 56.4 Å². The molecule has 3 fully saturated rings. The third-order valence-electron chi connectivity index (χ3n) is 7.17. The second-order valence-electron chi connectivity index (χ2n) is 9.66. The summed E-state index contributed by atoms with van der Waals surface area (Å²) in [5, 5.41) is 8.65. The van der Waals surface area contributed by atoms with E-state index in [0.29, 0.717) is 38.6 Å². The van der Waals surface area contributed by atoms with Crippen LogP contribution < -0.4 is 14.5 Å². The zero-order valence-electron chi connectivity index (χ0n) is 19.9. The van der Waals surface area contributed by atoms with Crippen molar-refractivity contribution >= 4 is 23.3 Å². The van der Waals surface area contributed by atoms with Crippen LogP contribution in [0.4, 0.5) is 11.5 Å². The molecule has 1 aromatic heterocycles. The summed E-state index contributed by atoms with van der Waals surface area (Å²) in [5.41, 5.74) is 1.98. The molecule has 8 nitrogen and oxygen atoms in total. The van der Waals surface area contributed by atoms with Crippen LogP contribution >= 0.6 is 0 Å². The molecule has 1 atom stereocenters. The molecule has 2 aliphatic heterocycles. The Hall–Kier alpha value is -3.16. The summed E-state index contributed by atoms with van der Waals surface area (Å²) in [4.78, 5) is 31.5. The van der Waals surface area contributed by atoms with Crippen LogP contribution in [0.1, 0.15) is 44.1 Å². The van der Waals surface area contributed by atoms with E-state index in [1.54, 1.807) is 4.90 Å². The van der Waals surface area contributed by atoms with Crippen molar-refractivity contribution in [1.29, 1.82) is 0 Å². The van der Waals surface area contributed by atoms with Gasteiger partial charge in [-0.2, -0.15) is 0 Å². The Balaban J connectivity index is 1.13. The van der Waals surface area contributed by atoms with Crippen molar-refractivity contribution in [3.05, 3.63) is 42.0 Å². The van der Waals surface area contributed by atoms with Crippen molar-refractivity contribution < 1.29 is 14.3 Å². The van der Waals surface area contributed by atoms with E-state index in [-0.39, 0.29) is 30.3 Å². The van der Waals surface area contributed by atoms with Crippen molar-refractivity contribution in [2.75, 3.05) is 42.5 Å². The summed E-state index contributed by atoms with van der Waals surface area (Å²) < 4.78 is 5.98. The van der Waals surface area contributed by atoms with Crippen LogP contribution in [0.2, 0.25) is 0 Å². The molecule has 8 heteroatoms. The first kappa shape index (κ1) is 22.6. The van der Waals surface area contributed by atoms with Crippen LogP contribution in [-0.4, -0.2) is 65.7 Å². The van der Waals surface area contributed by atoms with E-state index in [1.165, 1.54) is 19.3 Å². The molecule has 5 rings (SSSR count). The number of amides is 2. The molecule has 1 saturated carbocycles. The molecule has 3 aliphatic rings. The summed E-state index contributed by atoms with van der Waals surface area (Å²) >= 11 is 0. The average Bonchev–Trinajstić information content (AvgIpc) is 3.26. The number of hydrogen-bond acceptors (Lipinski definition) is 6. The number of carbonyl (C=O) groups is 2. The van der Waals surface area contributed by atoms with Crippen molar-refractivity contribution in [2.45, 2.75) is 51.6 Å². The summed E-state index contributed by atoms with van der Waals surface area (Å²) in [6.07, 6.45) is 6.45. The van der Waals surface area contributed by atoms with Gasteiger partial charge in [-0.1, -0.05) is 18.6 Å². The summed E-state index contributed by atoms with van der Waals surface area (Å²) in [5.74, 6) is 1.22. The fraction of sp³-hybridized carbons (Fsp3) is 0.538. The zero-order valence-corrected chi connectivity index (χ0v) is 19.9. The van der Waals surface area contributed by atoms with Gasteiger partial charge in [0, 0.05) is 50.9 Å². The van der Waals surface area contributed by atoms with Gasteiger partial charge in [0.2, 0.25) is 17.7 Å². The minimum atomic E-state index is -0.282. The Morgan fingerprint density at radius 3 is 2.50 bits per heavy atom. The van der Waals surface area contributed by atoms with Gasteiger partial charge in [-0.3, -0.25) is 9.59 Å². The normalized spacial score (nSPS) is 21.7. The molecule has 0 spiro atoms. The number of hydrogen-bond donors (Lipinski definition) is 0. The highest BCUT2D eigenvalue weighted by Crippen LogP contribution is 2.28. The highest BCUT2D eigenvalue weighted by molar-refractivity contribution is 6.00. The highest BCUT2D eigenvalue weighted by atomic mass is 16.5. The topological polar surface area (TPSA) is 78.9 Å². The number of nitrogens with zero attached hydrogens (tertiary/aromatic N) is 5. The molecule has 2 amide bonds. The number of ether oxygens (including phenoxy) is 1. The van der Waals surface area contributed by atoms with Crippen molar-refractivity contribution in [3.63, 3.8) is 0 Å². The SMILES string of the molecule is Cc1cccc(N2CC(C(=O)N3CCN(c4ccc(OC5CCCCC5)nn4)CC3)CC2=O)c1. The molecule has 2 aromatic rings. The molecule has 3 heterocycles. The number of aryl methyl sites for hydroxylation is 1. The van der Waals surface area contributed by atoms with Gasteiger partial charge in [-0.15, -0.1) is 10.2 Å². The molecule has 1 unspecified atom stereocenters. The molecule has 1 aromatic carbocycles. The fourth-order valence-electron chi connectivity index (χ4n) is 5.23. The number of piperazine rings is 1. The Kier molecular flexibility index (Phi) is 6.65. The number of aromatic nitrogens is 2. The maximum Gasteiger partial charge on any atom is 0.233 e. The molecular weight excluding hydrogens is 430 g/mol. The summed E-state index contributed by atoms with van der Waals surface area (Å²) in [7, 11) is 0. The quantitative estimate of drug-likeness (QED) is 0.678. The molecular formula is C26H33N5O3. The van der Waals surface area contributed by atoms with Gasteiger partial charge in [0.15, 0.2) is 5.82 Å². The molecule has 0 N–H and O–H groups in total. The van der Waals surface area contributed by atoms with Crippen molar-refractivity contribution in [2.24, 2.45) is 5.92 Å². The third-order valence-corrected chi connectivity index (χ3v) is 7.17. The lowest BCUT2D eigenvalue weighted by Crippen LogP contribution is -2.51. The lowest BCUT2D eigenvalue weighted by Gasteiger charge is -2.36. The number of carbonyl (C=O) groups excluding carboxylic acids is 2. The average molecular weight is 464 g/mol. The van der Waals surface area contributed by atoms with E-state index in [2.05, 4.69) is 15.1 Å². The van der Waals surface area contributed by atoms with Crippen molar-refractivity contribution in [1.82, 2.24) is 15.1 Å². The van der Waals surface area contributed by atoms with Gasteiger partial charge in [0.25, 0.3) is 0 Å². The van der Waals surface area contributed by atoms with Gasteiger partial charge >= 0.3 is 0 Å². The van der Waals surface area contributed by atoms with Crippen LogP contribution in [0, 0.1) is 12.8 Å². The second kappa shape index (κ2) is 9.99. The monoisotopic (exact) mass is 463 g/mol. The molecule has 34 heavy (non-hydrogen) atoms. The maximum absolute atomic E-state index is 13.2. The number of anilines is 2. The maximum atomic E-state index is 13.2. The van der Waals surface area contributed by atoms with E-state index in [1.807, 2.05) is 48.2 Å². The van der Waals surface area contributed by atoms with E-state index in [9.17, 15) is 9.59 Å². The predicted octanol–water partition coefficient (Wildman–Crippen LogP) is 3.20. The number of rotatable bonds is 5. The lowest BCUT2D eigenvalue weighted by molar-refractivity contribution is -0.136. The predicted molar refractivity (Wildman–Crippen MR) is 130 cm³/mol.